The first-order chi connectivity index (χ1) is 12.4. The molecule has 2 aliphatic rings. The number of hydrogen-bond acceptors (Lipinski definition) is 4. The highest BCUT2D eigenvalue weighted by Gasteiger charge is 2.42. The van der Waals surface area contributed by atoms with Crippen molar-refractivity contribution in [2.24, 2.45) is 0 Å². The van der Waals surface area contributed by atoms with E-state index in [1.807, 2.05) is 0 Å². The lowest BCUT2D eigenvalue weighted by Gasteiger charge is -2.16. The Morgan fingerprint density at radius 3 is 2.69 bits per heavy atom. The summed E-state index contributed by atoms with van der Waals surface area (Å²) in [4.78, 5) is 23.0. The first-order valence-electron chi connectivity index (χ1n) is 8.09. The fourth-order valence-electron chi connectivity index (χ4n) is 3.06. The van der Waals surface area contributed by atoms with Gasteiger partial charge in [-0.25, -0.2) is 18.0 Å². The molecule has 3 rings (SSSR count). The summed E-state index contributed by atoms with van der Waals surface area (Å²) in [6.45, 7) is 0. The van der Waals surface area contributed by atoms with Crippen LogP contribution in [0.25, 0.3) is 0 Å². The van der Waals surface area contributed by atoms with E-state index in [0.29, 0.717) is 18.9 Å². The fraction of sp³-hybridized carbons (Fsp3) is 0.500. The van der Waals surface area contributed by atoms with Crippen molar-refractivity contribution in [1.82, 2.24) is 10.6 Å². The number of benzene rings is 1. The fourth-order valence-corrected chi connectivity index (χ4v) is 4.60. The van der Waals surface area contributed by atoms with Crippen LogP contribution in [0.3, 0.4) is 0 Å². The van der Waals surface area contributed by atoms with Gasteiger partial charge in [0.2, 0.25) is 11.6 Å². The van der Waals surface area contributed by atoms with E-state index in [2.05, 4.69) is 15.4 Å². The van der Waals surface area contributed by atoms with Gasteiger partial charge in [0.05, 0.1) is 12.1 Å². The average Bonchev–Trinajstić information content (AvgIpc) is 3.14. The lowest BCUT2D eigenvalue weighted by molar-refractivity contribution is -0.134. The predicted molar refractivity (Wildman–Crippen MR) is 85.9 cm³/mol. The Bertz CT molecular complexity index is 734. The highest BCUT2D eigenvalue weighted by molar-refractivity contribution is 8.00. The lowest BCUT2D eigenvalue weighted by atomic mass is 10.0. The molecule has 1 aromatic carbocycles. The zero-order valence-electron chi connectivity index (χ0n) is 13.5. The van der Waals surface area contributed by atoms with Crippen LogP contribution in [0, 0.1) is 23.3 Å². The molecule has 5 nitrogen and oxygen atoms in total. The second-order valence-electron chi connectivity index (χ2n) is 6.14. The Morgan fingerprint density at radius 1 is 1.15 bits per heavy atom. The van der Waals surface area contributed by atoms with E-state index in [9.17, 15) is 27.2 Å². The minimum atomic E-state index is -2.02. The Balaban J connectivity index is 1.43. The van der Waals surface area contributed by atoms with E-state index in [-0.39, 0.29) is 29.8 Å². The number of thioether (sulfide) groups is 1. The monoisotopic (exact) mass is 392 g/mol. The molecule has 2 saturated heterocycles. The van der Waals surface area contributed by atoms with Gasteiger partial charge in [0.15, 0.2) is 17.4 Å². The van der Waals surface area contributed by atoms with Gasteiger partial charge in [0.25, 0.3) is 0 Å². The number of carbonyl (C=O) groups excluding carboxylic acids is 2. The van der Waals surface area contributed by atoms with Crippen molar-refractivity contribution in [1.29, 1.82) is 0 Å². The van der Waals surface area contributed by atoms with E-state index in [0.717, 1.165) is 12.2 Å². The Labute approximate surface area is 150 Å². The standard InChI is InChI=1S/C16H16F4N2O3S/c17-7-5-9(13(19)14(20)12(7)18)25-11(23)4-2-1-3-10-15-8(6-26-10)21-16(24)22-15/h5,8,10,15H,1-4,6H2,(H2,21,22,24)/t8-,10-,15-/m1/s1. The Kier molecular flexibility index (Phi) is 5.59. The van der Waals surface area contributed by atoms with Crippen molar-refractivity contribution in [3.63, 3.8) is 0 Å². The van der Waals surface area contributed by atoms with Crippen molar-refractivity contribution < 1.29 is 31.9 Å². The van der Waals surface area contributed by atoms with Gasteiger partial charge in [0.1, 0.15) is 0 Å². The van der Waals surface area contributed by atoms with Crippen LogP contribution in [-0.4, -0.2) is 35.1 Å². The second kappa shape index (κ2) is 7.73. The predicted octanol–water partition coefficient (Wildman–Crippen LogP) is 2.87. The van der Waals surface area contributed by atoms with Crippen LogP contribution >= 0.6 is 11.8 Å². The molecule has 0 spiro atoms. The molecule has 1 aromatic rings. The molecule has 2 fully saturated rings. The van der Waals surface area contributed by atoms with E-state index in [1.165, 1.54) is 0 Å². The molecule has 0 bridgehead atoms. The van der Waals surface area contributed by atoms with Crippen molar-refractivity contribution in [2.75, 3.05) is 5.75 Å². The third kappa shape index (κ3) is 3.89. The number of urea groups is 1. The molecule has 10 heteroatoms. The van der Waals surface area contributed by atoms with Gasteiger partial charge in [-0.1, -0.05) is 6.42 Å². The van der Waals surface area contributed by atoms with Crippen LogP contribution in [0.1, 0.15) is 25.7 Å². The van der Waals surface area contributed by atoms with E-state index >= 15 is 0 Å². The molecule has 2 N–H and O–H groups in total. The van der Waals surface area contributed by atoms with E-state index in [4.69, 9.17) is 0 Å². The highest BCUT2D eigenvalue weighted by atomic mass is 32.2. The van der Waals surface area contributed by atoms with Crippen LogP contribution < -0.4 is 15.4 Å². The molecule has 0 aromatic heterocycles. The molecule has 26 heavy (non-hydrogen) atoms. The number of rotatable bonds is 6. The minimum absolute atomic E-state index is 0.0683. The molecule has 142 valence electrons. The molecule has 2 heterocycles. The van der Waals surface area contributed by atoms with Gasteiger partial charge in [0, 0.05) is 23.5 Å². The summed E-state index contributed by atoms with van der Waals surface area (Å²) in [6.07, 6.45) is 1.80. The van der Waals surface area contributed by atoms with Gasteiger partial charge in [-0.2, -0.15) is 16.2 Å². The molecule has 0 radical (unpaired) electrons. The van der Waals surface area contributed by atoms with Crippen LogP contribution in [0.4, 0.5) is 22.4 Å². The third-order valence-electron chi connectivity index (χ3n) is 4.35. The van der Waals surface area contributed by atoms with E-state index in [1.54, 1.807) is 11.8 Å². The summed E-state index contributed by atoms with van der Waals surface area (Å²) in [7, 11) is 0. The summed E-state index contributed by atoms with van der Waals surface area (Å²) in [5.41, 5.74) is 0. The second-order valence-corrected chi connectivity index (χ2v) is 7.41. The van der Waals surface area contributed by atoms with Crippen molar-refractivity contribution >= 4 is 23.8 Å². The topological polar surface area (TPSA) is 67.4 Å². The molecular weight excluding hydrogens is 376 g/mol. The van der Waals surface area contributed by atoms with Crippen LogP contribution in [0.5, 0.6) is 5.75 Å². The SMILES string of the molecule is O=C1N[C@@H]2[C@@H](CS[C@@H]2CCCCC(=O)Oc2cc(F)c(F)c(F)c2F)N1. The maximum absolute atomic E-state index is 13.4. The number of carbonyl (C=O) groups is 2. The van der Waals surface area contributed by atoms with Gasteiger partial charge >= 0.3 is 12.0 Å². The quantitative estimate of drug-likeness (QED) is 0.149. The Hall–Kier alpha value is -1.97. The summed E-state index contributed by atoms with van der Waals surface area (Å²) in [6, 6.07) is 0.318. The molecule has 2 amide bonds. The third-order valence-corrected chi connectivity index (χ3v) is 5.86. The van der Waals surface area contributed by atoms with Gasteiger partial charge in [-0.3, -0.25) is 4.79 Å². The molecule has 3 atom stereocenters. The smallest absolute Gasteiger partial charge is 0.315 e. The van der Waals surface area contributed by atoms with Crippen LogP contribution in [0.15, 0.2) is 6.07 Å². The molecule has 0 aliphatic carbocycles. The highest BCUT2D eigenvalue weighted by Crippen LogP contribution is 2.33. The summed E-state index contributed by atoms with van der Waals surface area (Å²) < 4.78 is 57.1. The summed E-state index contributed by atoms with van der Waals surface area (Å²) in [5.74, 6) is -8.35. The number of halogens is 4. The van der Waals surface area contributed by atoms with Crippen molar-refractivity contribution in [2.45, 2.75) is 43.0 Å². The maximum Gasteiger partial charge on any atom is 0.315 e. The summed E-state index contributed by atoms with van der Waals surface area (Å²) in [5, 5.41) is 5.94. The molecule has 2 aliphatic heterocycles. The molecule has 0 saturated carbocycles. The normalized spacial score (nSPS) is 24.2. The Morgan fingerprint density at radius 2 is 1.92 bits per heavy atom. The van der Waals surface area contributed by atoms with Crippen molar-refractivity contribution in [3.8, 4) is 5.75 Å². The van der Waals surface area contributed by atoms with Gasteiger partial charge < -0.3 is 15.4 Å². The first-order valence-corrected chi connectivity index (χ1v) is 9.14. The number of fused-ring (bicyclic) bond motifs is 1. The zero-order chi connectivity index (χ0) is 18.8. The average molecular weight is 392 g/mol. The zero-order valence-corrected chi connectivity index (χ0v) is 14.3. The largest absolute Gasteiger partial charge is 0.423 e. The number of nitrogens with one attached hydrogen (secondary N) is 2. The van der Waals surface area contributed by atoms with Gasteiger partial charge in [-0.05, 0) is 12.8 Å². The van der Waals surface area contributed by atoms with E-state index < -0.39 is 35.0 Å². The minimum Gasteiger partial charge on any atom is -0.423 e. The number of hydrogen-bond donors (Lipinski definition) is 2. The lowest BCUT2D eigenvalue weighted by Crippen LogP contribution is -2.36. The van der Waals surface area contributed by atoms with Crippen molar-refractivity contribution in [3.05, 3.63) is 29.3 Å². The van der Waals surface area contributed by atoms with Gasteiger partial charge in [-0.15, -0.1) is 0 Å². The maximum atomic E-state index is 13.4. The number of amides is 2. The number of esters is 1. The molecule has 0 unspecified atom stereocenters. The summed E-state index contributed by atoms with van der Waals surface area (Å²) >= 11 is 1.74. The number of unbranched alkanes of at least 4 members (excludes halogenated alkanes) is 1. The van der Waals surface area contributed by atoms with Crippen LogP contribution in [-0.2, 0) is 4.79 Å². The number of ether oxygens (including phenoxy) is 1. The van der Waals surface area contributed by atoms with Crippen LogP contribution in [0.2, 0.25) is 0 Å². The molecular formula is C16H16F4N2O3S. The first kappa shape index (κ1) is 18.8.